The molecule has 46 heavy (non-hydrogen) atoms. The minimum absolute atomic E-state index is 0.0688. The Kier molecular flexibility index (Phi) is 8.52. The number of tetrazole rings is 1. The molecule has 5 heterocycles. The maximum Gasteiger partial charge on any atom is 0.295 e. The zero-order valence-electron chi connectivity index (χ0n) is 25.6. The van der Waals surface area contributed by atoms with Crippen LogP contribution in [0, 0.1) is 5.82 Å². The molecule has 0 bridgehead atoms. The highest BCUT2D eigenvalue weighted by Gasteiger charge is 2.31. The number of hydrogen-bond acceptors (Lipinski definition) is 10. The van der Waals surface area contributed by atoms with E-state index in [0.29, 0.717) is 25.6 Å². The van der Waals surface area contributed by atoms with Gasteiger partial charge in [-0.3, -0.25) is 19.5 Å². The van der Waals surface area contributed by atoms with Gasteiger partial charge in [-0.25, -0.2) is 9.37 Å². The fourth-order valence-electron chi connectivity index (χ4n) is 5.45. The lowest BCUT2D eigenvalue weighted by Crippen LogP contribution is -2.51. The van der Waals surface area contributed by atoms with Crippen LogP contribution in [0.1, 0.15) is 27.3 Å². The molecule has 0 aliphatic carbocycles. The summed E-state index contributed by atoms with van der Waals surface area (Å²) in [6, 6.07) is 11.0. The van der Waals surface area contributed by atoms with Gasteiger partial charge in [-0.05, 0) is 55.7 Å². The van der Waals surface area contributed by atoms with Crippen molar-refractivity contribution >= 4 is 34.4 Å². The molecule has 2 N–H and O–H groups in total. The summed E-state index contributed by atoms with van der Waals surface area (Å²) in [7, 11) is 5.65. The maximum atomic E-state index is 15.2. The summed E-state index contributed by atoms with van der Waals surface area (Å²) in [6.07, 6.45) is 3.09. The standard InChI is InChI=1S/C30H33FN12O3/c1-39(2)10-7-11-40(3)28(45)23-16-22(34-35-23)25-26-24(21(31)18-33-25)20(17-32-26)27(44)29(46)41-12-14-42(15-13-41)30-36-37-38-43(30)19-8-5-4-6-9-19/h4-6,8-9,16-18,32H,7,10-15H2,1-3H3,(H,34,35). The third kappa shape index (κ3) is 5.93. The van der Waals surface area contributed by atoms with Crippen molar-refractivity contribution in [3.63, 3.8) is 0 Å². The quantitative estimate of drug-likeness (QED) is 0.172. The lowest BCUT2D eigenvalue weighted by molar-refractivity contribution is -0.126. The molecule has 1 aliphatic heterocycles. The monoisotopic (exact) mass is 628 g/mol. The lowest BCUT2D eigenvalue weighted by atomic mass is 10.1. The molecule has 0 saturated carbocycles. The number of Topliss-reactive ketones (excluding diaryl/α,β-unsaturated/α-hetero) is 1. The average Bonchev–Trinajstić information content (AvgIpc) is 3.85. The number of halogens is 1. The largest absolute Gasteiger partial charge is 0.359 e. The predicted molar refractivity (Wildman–Crippen MR) is 166 cm³/mol. The van der Waals surface area contributed by atoms with E-state index in [-0.39, 0.29) is 52.5 Å². The summed E-state index contributed by atoms with van der Waals surface area (Å²) < 4.78 is 16.8. The zero-order valence-corrected chi connectivity index (χ0v) is 25.6. The lowest BCUT2D eigenvalue weighted by Gasteiger charge is -2.34. The van der Waals surface area contributed by atoms with Crippen molar-refractivity contribution < 1.29 is 18.8 Å². The molecule has 0 radical (unpaired) electrons. The van der Waals surface area contributed by atoms with Gasteiger partial charge in [-0.15, -0.1) is 0 Å². The van der Waals surface area contributed by atoms with E-state index >= 15 is 4.39 Å². The minimum atomic E-state index is -0.845. The number of fused-ring (bicyclic) bond motifs is 1. The second kappa shape index (κ2) is 12.8. The summed E-state index contributed by atoms with van der Waals surface area (Å²) in [5.41, 5.74) is 1.65. The second-order valence-electron chi connectivity index (χ2n) is 11.3. The predicted octanol–water partition coefficient (Wildman–Crippen LogP) is 1.62. The van der Waals surface area contributed by atoms with Crippen LogP contribution in [0.5, 0.6) is 0 Å². The van der Waals surface area contributed by atoms with Crippen molar-refractivity contribution in [2.45, 2.75) is 6.42 Å². The number of rotatable bonds is 10. The van der Waals surface area contributed by atoms with E-state index in [4.69, 9.17) is 0 Å². The molecule has 0 atom stereocenters. The van der Waals surface area contributed by atoms with Crippen LogP contribution in [0.2, 0.25) is 0 Å². The molecule has 1 fully saturated rings. The normalized spacial score (nSPS) is 13.5. The van der Waals surface area contributed by atoms with E-state index in [9.17, 15) is 14.4 Å². The van der Waals surface area contributed by atoms with E-state index in [1.54, 1.807) is 16.6 Å². The Morgan fingerprint density at radius 3 is 2.52 bits per heavy atom. The van der Waals surface area contributed by atoms with E-state index < -0.39 is 17.5 Å². The smallest absolute Gasteiger partial charge is 0.295 e. The van der Waals surface area contributed by atoms with Crippen LogP contribution in [0.3, 0.4) is 0 Å². The average molecular weight is 629 g/mol. The first kappa shape index (κ1) is 30.5. The molecule has 1 saturated heterocycles. The van der Waals surface area contributed by atoms with Gasteiger partial charge in [0.05, 0.1) is 28.4 Å². The van der Waals surface area contributed by atoms with Crippen LogP contribution in [0.4, 0.5) is 10.3 Å². The Bertz CT molecular complexity index is 1870. The highest BCUT2D eigenvalue weighted by atomic mass is 19.1. The number of amides is 2. The number of aromatic amines is 2. The zero-order chi connectivity index (χ0) is 32.4. The summed E-state index contributed by atoms with van der Waals surface area (Å²) in [6.45, 7) is 2.69. The fourth-order valence-corrected chi connectivity index (χ4v) is 5.45. The van der Waals surface area contributed by atoms with Crippen molar-refractivity contribution in [2.24, 2.45) is 0 Å². The van der Waals surface area contributed by atoms with Crippen LogP contribution in [0.25, 0.3) is 28.0 Å². The van der Waals surface area contributed by atoms with Crippen molar-refractivity contribution in [1.29, 1.82) is 0 Å². The van der Waals surface area contributed by atoms with Gasteiger partial charge in [0.25, 0.3) is 17.6 Å². The number of carbonyl (C=O) groups is 3. The maximum absolute atomic E-state index is 15.2. The van der Waals surface area contributed by atoms with Gasteiger partial charge < -0.3 is 24.6 Å². The van der Waals surface area contributed by atoms with E-state index in [0.717, 1.165) is 24.8 Å². The first-order chi connectivity index (χ1) is 22.2. The van der Waals surface area contributed by atoms with Crippen molar-refractivity contribution in [1.82, 2.24) is 55.1 Å². The molecule has 5 aromatic rings. The molecule has 1 aromatic carbocycles. The van der Waals surface area contributed by atoms with Crippen LogP contribution >= 0.6 is 0 Å². The van der Waals surface area contributed by atoms with Crippen molar-refractivity contribution in [3.8, 4) is 17.1 Å². The summed E-state index contributed by atoms with van der Waals surface area (Å²) in [5, 5.41) is 18.9. The Labute approximate surface area is 263 Å². The molecular weight excluding hydrogens is 595 g/mol. The molecule has 4 aromatic heterocycles. The molecule has 15 nitrogen and oxygen atoms in total. The van der Waals surface area contributed by atoms with Gasteiger partial charge in [-0.1, -0.05) is 23.3 Å². The highest BCUT2D eigenvalue weighted by Crippen LogP contribution is 2.30. The van der Waals surface area contributed by atoms with Gasteiger partial charge >= 0.3 is 0 Å². The molecule has 0 spiro atoms. The number of aromatic nitrogens is 8. The number of carbonyl (C=O) groups excluding carboxylic acids is 3. The van der Waals surface area contributed by atoms with Gasteiger partial charge in [0.15, 0.2) is 5.82 Å². The molecule has 16 heteroatoms. The van der Waals surface area contributed by atoms with Gasteiger partial charge in [0.2, 0.25) is 5.95 Å². The number of para-hydroxylation sites is 1. The number of pyridine rings is 1. The van der Waals surface area contributed by atoms with Gasteiger partial charge in [0.1, 0.15) is 17.1 Å². The number of nitrogens with one attached hydrogen (secondary N) is 2. The number of piperazine rings is 1. The number of H-pyrrole nitrogens is 2. The molecule has 2 amide bonds. The van der Waals surface area contributed by atoms with Crippen LogP contribution in [-0.2, 0) is 4.79 Å². The van der Waals surface area contributed by atoms with Crippen LogP contribution < -0.4 is 4.90 Å². The molecule has 0 unspecified atom stereocenters. The van der Waals surface area contributed by atoms with Crippen molar-refractivity contribution in [2.75, 3.05) is 65.3 Å². The first-order valence-electron chi connectivity index (χ1n) is 14.8. The van der Waals surface area contributed by atoms with Crippen molar-refractivity contribution in [3.05, 3.63) is 65.9 Å². The van der Waals surface area contributed by atoms with Crippen LogP contribution in [-0.4, -0.2) is 133 Å². The SMILES string of the molecule is CN(C)CCCN(C)C(=O)c1cc(-c2ncc(F)c3c(C(=O)C(=O)N4CCN(c5nnnn5-c5ccccc5)CC4)c[nH]c23)n[nH]1. The van der Waals surface area contributed by atoms with Gasteiger partial charge in [-0.2, -0.15) is 9.78 Å². The van der Waals surface area contributed by atoms with E-state index in [1.165, 1.54) is 17.2 Å². The Morgan fingerprint density at radius 2 is 1.78 bits per heavy atom. The topological polar surface area (TPSA) is 165 Å². The number of anilines is 1. The number of hydrogen-bond donors (Lipinski definition) is 2. The molecule has 238 valence electrons. The van der Waals surface area contributed by atoms with Gasteiger partial charge in [0, 0.05) is 46.0 Å². The Hall–Kier alpha value is -5.51. The number of ketones is 1. The number of benzene rings is 1. The summed E-state index contributed by atoms with van der Waals surface area (Å²) in [5.74, 6) is -2.07. The summed E-state index contributed by atoms with van der Waals surface area (Å²) >= 11 is 0. The third-order valence-corrected chi connectivity index (χ3v) is 7.90. The fraction of sp³-hybridized carbons (Fsp3) is 0.333. The Balaban J connectivity index is 1.16. The van der Waals surface area contributed by atoms with Crippen LogP contribution in [0.15, 0.2) is 48.8 Å². The Morgan fingerprint density at radius 1 is 1.02 bits per heavy atom. The van der Waals surface area contributed by atoms with E-state index in [2.05, 4.69) is 35.7 Å². The minimum Gasteiger partial charge on any atom is -0.359 e. The molecular formula is C30H33FN12O3. The second-order valence-corrected chi connectivity index (χ2v) is 11.3. The number of nitrogens with zero attached hydrogens (tertiary/aromatic N) is 10. The third-order valence-electron chi connectivity index (χ3n) is 7.90. The molecule has 1 aliphatic rings. The molecule has 6 rings (SSSR count). The first-order valence-corrected chi connectivity index (χ1v) is 14.8. The summed E-state index contributed by atoms with van der Waals surface area (Å²) in [4.78, 5) is 53.8. The van der Waals surface area contributed by atoms with E-state index in [1.807, 2.05) is 54.2 Å². The highest BCUT2D eigenvalue weighted by molar-refractivity contribution is 6.45.